The summed E-state index contributed by atoms with van der Waals surface area (Å²) in [5.74, 6) is 0.374. The van der Waals surface area contributed by atoms with E-state index in [4.69, 9.17) is 4.89 Å². The molecule has 0 radical (unpaired) electrons. The topological polar surface area (TPSA) is 37.3 Å². The third-order valence-electron chi connectivity index (χ3n) is 2.00. The van der Waals surface area contributed by atoms with Gasteiger partial charge in [0.2, 0.25) is 0 Å². The van der Waals surface area contributed by atoms with Crippen LogP contribution in [0, 0.1) is 5.92 Å². The van der Waals surface area contributed by atoms with Crippen LogP contribution in [-0.2, 0) is 4.57 Å². The molecular formula is C7H16O2P+. The smallest absolute Gasteiger partial charge is 0.161 e. The van der Waals surface area contributed by atoms with Crippen molar-refractivity contribution in [2.75, 3.05) is 0 Å². The summed E-state index contributed by atoms with van der Waals surface area (Å²) in [4.78, 5) is 8.82. The Kier molecular flexibility index (Phi) is 4.84. The van der Waals surface area contributed by atoms with Crippen molar-refractivity contribution < 1.29 is 9.46 Å². The van der Waals surface area contributed by atoms with E-state index in [1.807, 2.05) is 20.8 Å². The van der Waals surface area contributed by atoms with Crippen molar-refractivity contribution in [1.82, 2.24) is 0 Å². The first kappa shape index (κ1) is 10.1. The zero-order valence-electron chi connectivity index (χ0n) is 6.87. The first-order chi connectivity index (χ1) is 4.63. The minimum Gasteiger partial charge on any atom is -0.161 e. The lowest BCUT2D eigenvalue weighted by Gasteiger charge is -2.07. The summed E-state index contributed by atoms with van der Waals surface area (Å²) in [5, 5.41) is 0. The van der Waals surface area contributed by atoms with E-state index in [-0.39, 0.29) is 5.66 Å². The molecule has 0 amide bonds. The van der Waals surface area contributed by atoms with E-state index in [1.54, 1.807) is 0 Å². The highest BCUT2D eigenvalue weighted by Gasteiger charge is 2.31. The summed E-state index contributed by atoms with van der Waals surface area (Å²) in [7, 11) is -1.96. The number of hydrogen-bond acceptors (Lipinski definition) is 1. The lowest BCUT2D eigenvalue weighted by molar-refractivity contribution is 0.438. The zero-order chi connectivity index (χ0) is 8.15. The van der Waals surface area contributed by atoms with E-state index in [0.29, 0.717) is 5.92 Å². The molecule has 0 aliphatic carbocycles. The van der Waals surface area contributed by atoms with Crippen LogP contribution in [0.4, 0.5) is 0 Å². The van der Waals surface area contributed by atoms with Gasteiger partial charge in [-0.05, 0) is 17.4 Å². The fourth-order valence-electron chi connectivity index (χ4n) is 1.05. The molecule has 0 bridgehead atoms. The van der Waals surface area contributed by atoms with Crippen LogP contribution in [-0.4, -0.2) is 10.6 Å². The van der Waals surface area contributed by atoms with Crippen molar-refractivity contribution in [3.8, 4) is 0 Å². The molecule has 10 heavy (non-hydrogen) atoms. The Hall–Kier alpha value is 0.0600. The molecule has 2 nitrogen and oxygen atoms in total. The van der Waals surface area contributed by atoms with Crippen LogP contribution >= 0.6 is 8.03 Å². The fourth-order valence-corrected chi connectivity index (χ4v) is 2.01. The van der Waals surface area contributed by atoms with E-state index < -0.39 is 8.03 Å². The molecule has 0 aromatic carbocycles. The second-order valence-corrected chi connectivity index (χ2v) is 3.93. The number of hydrogen-bond donors (Lipinski definition) is 1. The van der Waals surface area contributed by atoms with Gasteiger partial charge in [0.15, 0.2) is 5.66 Å². The predicted octanol–water partition coefficient (Wildman–Crippen LogP) is 2.55. The first-order valence-electron chi connectivity index (χ1n) is 3.78. The van der Waals surface area contributed by atoms with Gasteiger partial charge in [0, 0.05) is 5.92 Å². The van der Waals surface area contributed by atoms with Crippen molar-refractivity contribution in [2.45, 2.75) is 39.3 Å². The minimum absolute atomic E-state index is 0.000000000000000222. The quantitative estimate of drug-likeness (QED) is 0.646. The van der Waals surface area contributed by atoms with E-state index in [9.17, 15) is 4.57 Å². The second kappa shape index (κ2) is 4.81. The molecule has 0 saturated carbocycles. The lowest BCUT2D eigenvalue weighted by Crippen LogP contribution is -2.11. The van der Waals surface area contributed by atoms with Crippen LogP contribution in [0.3, 0.4) is 0 Å². The van der Waals surface area contributed by atoms with Crippen LogP contribution in [0.25, 0.3) is 0 Å². The average Bonchev–Trinajstić information content (AvgIpc) is 1.88. The lowest BCUT2D eigenvalue weighted by atomic mass is 10.0. The molecule has 0 spiro atoms. The van der Waals surface area contributed by atoms with E-state index in [0.717, 1.165) is 12.8 Å². The summed E-state index contributed by atoms with van der Waals surface area (Å²) in [6.07, 6.45) is 1.79. The Morgan fingerprint density at radius 1 is 1.40 bits per heavy atom. The molecule has 0 fully saturated rings. The third-order valence-corrected chi connectivity index (χ3v) is 3.44. The van der Waals surface area contributed by atoms with Gasteiger partial charge in [-0.15, -0.1) is 0 Å². The molecule has 0 rings (SSSR count). The van der Waals surface area contributed by atoms with Gasteiger partial charge in [-0.3, -0.25) is 0 Å². The predicted molar refractivity (Wildman–Crippen MR) is 43.4 cm³/mol. The van der Waals surface area contributed by atoms with Gasteiger partial charge >= 0.3 is 8.03 Å². The first-order valence-corrected chi connectivity index (χ1v) is 5.06. The van der Waals surface area contributed by atoms with Crippen LogP contribution in [0.15, 0.2) is 0 Å². The molecule has 0 saturated heterocycles. The van der Waals surface area contributed by atoms with Gasteiger partial charge in [0.05, 0.1) is 0 Å². The second-order valence-electron chi connectivity index (χ2n) is 2.66. The summed E-state index contributed by atoms with van der Waals surface area (Å²) in [5.41, 5.74) is -0.000000000000000222. The summed E-state index contributed by atoms with van der Waals surface area (Å²) in [6.45, 7) is 6.03. The molecule has 0 aromatic heterocycles. The van der Waals surface area contributed by atoms with Gasteiger partial charge < -0.3 is 0 Å². The van der Waals surface area contributed by atoms with Crippen molar-refractivity contribution >= 4 is 8.03 Å². The fraction of sp³-hybridized carbons (Fsp3) is 1.00. The maximum Gasteiger partial charge on any atom is 0.508 e. The van der Waals surface area contributed by atoms with E-state index >= 15 is 0 Å². The number of rotatable bonds is 4. The van der Waals surface area contributed by atoms with Crippen LogP contribution in [0.5, 0.6) is 0 Å². The van der Waals surface area contributed by atoms with Crippen LogP contribution in [0.1, 0.15) is 33.6 Å². The molecule has 0 aliphatic rings. The monoisotopic (exact) mass is 163 g/mol. The molecule has 0 aliphatic heterocycles. The Labute approximate surface area is 63.5 Å². The molecule has 0 heterocycles. The van der Waals surface area contributed by atoms with Crippen molar-refractivity contribution in [1.29, 1.82) is 0 Å². The highest BCUT2D eigenvalue weighted by molar-refractivity contribution is 7.38. The van der Waals surface area contributed by atoms with Gasteiger partial charge in [-0.1, -0.05) is 20.8 Å². The van der Waals surface area contributed by atoms with Crippen molar-refractivity contribution in [3.05, 3.63) is 0 Å². The maximum atomic E-state index is 10.7. The van der Waals surface area contributed by atoms with Crippen molar-refractivity contribution in [2.24, 2.45) is 5.92 Å². The Morgan fingerprint density at radius 2 is 1.90 bits per heavy atom. The summed E-state index contributed by atoms with van der Waals surface area (Å²) in [6, 6.07) is 0. The van der Waals surface area contributed by atoms with Crippen LogP contribution < -0.4 is 0 Å². The maximum absolute atomic E-state index is 10.7. The zero-order valence-corrected chi connectivity index (χ0v) is 7.77. The summed E-state index contributed by atoms with van der Waals surface area (Å²) >= 11 is 0. The standard InChI is InChI=1S/C7H15O2P/c1-4-6(3)7(5-2)10(8)9/h6-7H,4-5H2,1-3H3/p+1. The highest BCUT2D eigenvalue weighted by atomic mass is 31.1. The van der Waals surface area contributed by atoms with Crippen molar-refractivity contribution in [3.63, 3.8) is 0 Å². The average molecular weight is 163 g/mol. The third kappa shape index (κ3) is 2.76. The Bertz CT molecular complexity index is 114. The molecule has 3 unspecified atom stereocenters. The van der Waals surface area contributed by atoms with Gasteiger partial charge in [-0.2, -0.15) is 4.89 Å². The highest BCUT2D eigenvalue weighted by Crippen LogP contribution is 2.32. The Morgan fingerprint density at radius 3 is 2.00 bits per heavy atom. The van der Waals surface area contributed by atoms with E-state index in [1.165, 1.54) is 0 Å². The van der Waals surface area contributed by atoms with Gasteiger partial charge in [-0.25, -0.2) is 0 Å². The molecule has 0 aromatic rings. The molecular weight excluding hydrogens is 147 g/mol. The molecule has 1 N–H and O–H groups in total. The van der Waals surface area contributed by atoms with Gasteiger partial charge in [0.1, 0.15) is 0 Å². The normalized spacial score (nSPS) is 18.2. The van der Waals surface area contributed by atoms with Crippen LogP contribution in [0.2, 0.25) is 0 Å². The minimum atomic E-state index is -1.96. The molecule has 3 heteroatoms. The Balaban J connectivity index is 3.92. The van der Waals surface area contributed by atoms with E-state index in [2.05, 4.69) is 0 Å². The summed E-state index contributed by atoms with van der Waals surface area (Å²) < 4.78 is 10.7. The molecule has 3 atom stereocenters. The van der Waals surface area contributed by atoms with Gasteiger partial charge in [0.25, 0.3) is 0 Å². The SMILES string of the molecule is CCC(C)C(CC)[P+](=O)O. The molecule has 60 valence electrons. The largest absolute Gasteiger partial charge is 0.508 e.